The Morgan fingerprint density at radius 1 is 1.22 bits per heavy atom. The highest BCUT2D eigenvalue weighted by Gasteiger charge is 2.40. The van der Waals surface area contributed by atoms with Crippen LogP contribution in [0.25, 0.3) is 0 Å². The van der Waals surface area contributed by atoms with Crippen LogP contribution in [0.4, 0.5) is 10.5 Å². The number of anilines is 1. The molecule has 0 saturated carbocycles. The second-order valence-electron chi connectivity index (χ2n) is 4.58. The number of thioether (sulfide) groups is 1. The molecule has 18 heavy (non-hydrogen) atoms. The molecule has 1 aliphatic rings. The molecule has 1 N–H and O–H groups in total. The summed E-state index contributed by atoms with van der Waals surface area (Å²) in [5, 5.41) is 2.39. The molecule has 1 aromatic carbocycles. The summed E-state index contributed by atoms with van der Waals surface area (Å²) in [7, 11) is 0. The second kappa shape index (κ2) is 5.02. The van der Waals surface area contributed by atoms with Crippen molar-refractivity contribution in [1.29, 1.82) is 0 Å². The lowest BCUT2D eigenvalue weighted by Gasteiger charge is -2.18. The number of rotatable bonds is 3. The normalized spacial score (nSPS) is 19.8. The van der Waals surface area contributed by atoms with Crippen molar-refractivity contribution >= 4 is 28.6 Å². The number of carbonyl (C=O) groups excluding carboxylic acids is 2. The summed E-state index contributed by atoms with van der Waals surface area (Å²) < 4.78 is 0. The Kier molecular flexibility index (Phi) is 3.61. The van der Waals surface area contributed by atoms with Gasteiger partial charge in [0.05, 0.1) is 0 Å². The molecule has 0 spiro atoms. The summed E-state index contributed by atoms with van der Waals surface area (Å²) in [4.78, 5) is 25.1. The molecule has 1 atom stereocenters. The Morgan fingerprint density at radius 2 is 1.83 bits per heavy atom. The van der Waals surface area contributed by atoms with E-state index in [1.165, 1.54) is 4.90 Å². The molecule has 0 radical (unpaired) electrons. The highest BCUT2D eigenvalue weighted by molar-refractivity contribution is 8.15. The predicted molar refractivity (Wildman–Crippen MR) is 73.6 cm³/mol. The number of hydrogen-bond acceptors (Lipinski definition) is 4. The fourth-order valence-corrected chi connectivity index (χ4v) is 2.81. The molecule has 0 aromatic heterocycles. The van der Waals surface area contributed by atoms with E-state index in [2.05, 4.69) is 5.32 Å². The third-order valence-electron chi connectivity index (χ3n) is 2.74. The maximum absolute atomic E-state index is 12.1. The molecule has 5 heteroatoms. The van der Waals surface area contributed by atoms with Crippen molar-refractivity contribution in [3.63, 3.8) is 0 Å². The van der Waals surface area contributed by atoms with Gasteiger partial charge >= 0.3 is 0 Å². The Bertz CT molecular complexity index is 470. The molecule has 0 unspecified atom stereocenters. The van der Waals surface area contributed by atoms with Gasteiger partial charge in [0, 0.05) is 11.7 Å². The highest BCUT2D eigenvalue weighted by atomic mass is 32.2. The van der Waals surface area contributed by atoms with Crippen molar-refractivity contribution in [2.24, 2.45) is 0 Å². The summed E-state index contributed by atoms with van der Waals surface area (Å²) in [6, 6.07) is 7.66. The minimum Gasteiger partial charge on any atom is -0.365 e. The molecule has 0 aliphatic carbocycles. The van der Waals surface area contributed by atoms with Gasteiger partial charge in [0.25, 0.3) is 11.1 Å². The van der Waals surface area contributed by atoms with Gasteiger partial charge < -0.3 is 5.32 Å². The van der Waals surface area contributed by atoms with Crippen molar-refractivity contribution in [2.75, 3.05) is 5.32 Å². The molecular weight excluding hydrogens is 248 g/mol. The minimum atomic E-state index is -0.511. The fraction of sp³-hybridized carbons (Fsp3) is 0.385. The van der Waals surface area contributed by atoms with Gasteiger partial charge in [0.1, 0.15) is 0 Å². The third kappa shape index (κ3) is 2.51. The lowest BCUT2D eigenvalue weighted by atomic mass is 10.2. The SMILES string of the molecule is Cc1ccc(N[C@H]2SC(=O)N(C(C)C)C2=O)cc1. The van der Waals surface area contributed by atoms with Gasteiger partial charge in [-0.3, -0.25) is 14.5 Å². The second-order valence-corrected chi connectivity index (χ2v) is 5.63. The van der Waals surface area contributed by atoms with Gasteiger partial charge in [-0.2, -0.15) is 0 Å². The van der Waals surface area contributed by atoms with Crippen LogP contribution in [0.5, 0.6) is 0 Å². The number of carbonyl (C=O) groups is 2. The quantitative estimate of drug-likeness (QED) is 0.912. The Balaban J connectivity index is 2.10. The summed E-state index contributed by atoms with van der Waals surface area (Å²) in [6.45, 7) is 5.68. The van der Waals surface area contributed by atoms with Gasteiger partial charge in [-0.15, -0.1) is 0 Å². The standard InChI is InChI=1S/C13H16N2O2S/c1-8(2)15-12(16)11(18-13(15)17)14-10-6-4-9(3)5-7-10/h4-8,11,14H,1-3H3/t11-/m0/s1. The first-order chi connectivity index (χ1) is 8.49. The maximum Gasteiger partial charge on any atom is 0.291 e. The van der Waals surface area contributed by atoms with E-state index in [1.54, 1.807) is 0 Å². The lowest BCUT2D eigenvalue weighted by molar-refractivity contribution is -0.127. The van der Waals surface area contributed by atoms with Crippen LogP contribution in [0, 0.1) is 6.92 Å². The first kappa shape index (κ1) is 13.0. The van der Waals surface area contributed by atoms with Crippen LogP contribution in [0.1, 0.15) is 19.4 Å². The Morgan fingerprint density at radius 3 is 2.33 bits per heavy atom. The molecule has 2 rings (SSSR count). The van der Waals surface area contributed by atoms with Crippen LogP contribution < -0.4 is 5.32 Å². The third-order valence-corrected chi connectivity index (χ3v) is 3.70. The molecule has 96 valence electrons. The molecule has 1 aliphatic heterocycles. The zero-order valence-electron chi connectivity index (χ0n) is 10.6. The van der Waals surface area contributed by atoms with E-state index in [4.69, 9.17) is 0 Å². The van der Waals surface area contributed by atoms with Crippen molar-refractivity contribution in [2.45, 2.75) is 32.2 Å². The number of benzene rings is 1. The largest absolute Gasteiger partial charge is 0.365 e. The number of nitrogens with zero attached hydrogens (tertiary/aromatic N) is 1. The first-order valence-corrected chi connectivity index (χ1v) is 6.74. The molecular formula is C13H16N2O2S. The van der Waals surface area contributed by atoms with E-state index in [9.17, 15) is 9.59 Å². The number of imide groups is 1. The van der Waals surface area contributed by atoms with Crippen molar-refractivity contribution in [3.05, 3.63) is 29.8 Å². The summed E-state index contributed by atoms with van der Waals surface area (Å²) in [5.74, 6) is -0.166. The predicted octanol–water partition coefficient (Wildman–Crippen LogP) is 2.84. The van der Waals surface area contributed by atoms with Crippen LogP contribution in [-0.2, 0) is 4.79 Å². The van der Waals surface area contributed by atoms with E-state index >= 15 is 0 Å². The van der Waals surface area contributed by atoms with Gasteiger partial charge in [-0.1, -0.05) is 17.7 Å². The molecule has 4 nitrogen and oxygen atoms in total. The number of nitrogens with one attached hydrogen (secondary N) is 1. The molecule has 1 fully saturated rings. The van der Waals surface area contributed by atoms with Crippen LogP contribution in [-0.4, -0.2) is 27.5 Å². The van der Waals surface area contributed by atoms with Crippen molar-refractivity contribution < 1.29 is 9.59 Å². The van der Waals surface area contributed by atoms with Crippen LogP contribution in [0.3, 0.4) is 0 Å². The zero-order chi connectivity index (χ0) is 13.3. The van der Waals surface area contributed by atoms with E-state index in [0.717, 1.165) is 23.0 Å². The summed E-state index contributed by atoms with van der Waals surface area (Å²) >= 11 is 1.04. The van der Waals surface area contributed by atoms with E-state index in [1.807, 2.05) is 45.0 Å². The molecule has 1 aromatic rings. The zero-order valence-corrected chi connectivity index (χ0v) is 11.5. The minimum absolute atomic E-state index is 0.0951. The van der Waals surface area contributed by atoms with E-state index in [-0.39, 0.29) is 17.2 Å². The van der Waals surface area contributed by atoms with E-state index in [0.29, 0.717) is 0 Å². The fourth-order valence-electron chi connectivity index (χ4n) is 1.78. The van der Waals surface area contributed by atoms with Gasteiger partial charge in [-0.05, 0) is 44.7 Å². The number of hydrogen-bond donors (Lipinski definition) is 1. The van der Waals surface area contributed by atoms with Gasteiger partial charge in [-0.25, -0.2) is 0 Å². The number of aryl methyl sites for hydroxylation is 1. The average Bonchev–Trinajstić information content (AvgIpc) is 2.57. The summed E-state index contributed by atoms with van der Waals surface area (Å²) in [6.07, 6.45) is 0. The first-order valence-electron chi connectivity index (χ1n) is 5.86. The van der Waals surface area contributed by atoms with Gasteiger partial charge in [0.2, 0.25) is 0 Å². The van der Waals surface area contributed by atoms with Crippen LogP contribution >= 0.6 is 11.8 Å². The maximum atomic E-state index is 12.1. The molecule has 2 amide bonds. The molecule has 0 bridgehead atoms. The van der Waals surface area contributed by atoms with Gasteiger partial charge in [0.15, 0.2) is 5.37 Å². The lowest BCUT2D eigenvalue weighted by Crippen LogP contribution is -2.38. The monoisotopic (exact) mass is 264 g/mol. The van der Waals surface area contributed by atoms with Crippen molar-refractivity contribution in [3.8, 4) is 0 Å². The molecule has 1 heterocycles. The Labute approximate surface area is 111 Å². The smallest absolute Gasteiger partial charge is 0.291 e. The van der Waals surface area contributed by atoms with E-state index < -0.39 is 5.37 Å². The Hall–Kier alpha value is -1.49. The van der Waals surface area contributed by atoms with Crippen LogP contribution in [0.2, 0.25) is 0 Å². The highest BCUT2D eigenvalue weighted by Crippen LogP contribution is 2.29. The van der Waals surface area contributed by atoms with Crippen LogP contribution in [0.15, 0.2) is 24.3 Å². The average molecular weight is 264 g/mol. The number of amides is 2. The topological polar surface area (TPSA) is 49.4 Å². The van der Waals surface area contributed by atoms with Crippen molar-refractivity contribution in [1.82, 2.24) is 4.90 Å². The molecule has 1 saturated heterocycles. The summed E-state index contributed by atoms with van der Waals surface area (Å²) in [5.41, 5.74) is 2.01.